The van der Waals surface area contributed by atoms with Crippen LogP contribution < -0.4 is 4.74 Å². The molecule has 5 rings (SSSR count). The van der Waals surface area contributed by atoms with E-state index in [1.54, 1.807) is 23.6 Å². The van der Waals surface area contributed by atoms with Crippen molar-refractivity contribution in [1.29, 1.82) is 0 Å². The molecule has 0 aliphatic carbocycles. The number of rotatable bonds is 8. The zero-order valence-corrected chi connectivity index (χ0v) is 21.7. The molecular formula is C26H21Cl2N3O4S. The average molecular weight is 542 g/mol. The number of carboxylic acid groups (broad SMARTS) is 1. The molecule has 0 unspecified atom stereocenters. The van der Waals surface area contributed by atoms with Crippen molar-refractivity contribution in [2.75, 3.05) is 0 Å². The van der Waals surface area contributed by atoms with Crippen LogP contribution >= 0.6 is 34.5 Å². The third-order valence-corrected chi connectivity index (χ3v) is 7.21. The first kappa shape index (κ1) is 24.4. The lowest BCUT2D eigenvalue weighted by Crippen LogP contribution is -2.02. The van der Waals surface area contributed by atoms with E-state index in [1.807, 2.05) is 48.9 Å². The first-order chi connectivity index (χ1) is 17.3. The van der Waals surface area contributed by atoms with Crippen LogP contribution in [0.25, 0.3) is 22.2 Å². The van der Waals surface area contributed by atoms with Crippen LogP contribution in [0.2, 0.25) is 10.0 Å². The normalized spacial score (nSPS) is 11.5. The van der Waals surface area contributed by atoms with Crippen molar-refractivity contribution in [3.63, 3.8) is 0 Å². The third-order valence-electron chi connectivity index (χ3n) is 5.74. The van der Waals surface area contributed by atoms with Gasteiger partial charge in [0.25, 0.3) is 0 Å². The molecule has 184 valence electrons. The number of nitrogens with zero attached hydrogens (tertiary/aromatic N) is 3. The molecule has 0 aliphatic heterocycles. The number of halogens is 2. The molecule has 5 aromatic rings. The molecule has 0 saturated heterocycles. The van der Waals surface area contributed by atoms with Crippen LogP contribution in [0.1, 0.15) is 46.6 Å². The van der Waals surface area contributed by atoms with E-state index in [2.05, 4.69) is 10.1 Å². The van der Waals surface area contributed by atoms with Gasteiger partial charge in [0, 0.05) is 34.0 Å². The minimum absolute atomic E-state index is 0.0640. The highest BCUT2D eigenvalue weighted by Gasteiger charge is 2.24. The number of hydrogen-bond acceptors (Lipinski definition) is 6. The summed E-state index contributed by atoms with van der Waals surface area (Å²) in [5.41, 5.74) is 3.05. The van der Waals surface area contributed by atoms with Crippen molar-refractivity contribution in [2.24, 2.45) is 0 Å². The quantitative estimate of drug-likeness (QED) is 0.218. The lowest BCUT2D eigenvalue weighted by atomic mass is 10.0. The molecule has 0 amide bonds. The molecular weight excluding hydrogens is 521 g/mol. The van der Waals surface area contributed by atoms with Crippen LogP contribution in [0, 0.1) is 0 Å². The second-order valence-corrected chi connectivity index (χ2v) is 10.3. The van der Waals surface area contributed by atoms with Gasteiger partial charge in [0.15, 0.2) is 5.69 Å². The Labute approximate surface area is 220 Å². The van der Waals surface area contributed by atoms with Crippen LogP contribution in [0.3, 0.4) is 0 Å². The smallest absolute Gasteiger partial charge is 0.355 e. The third kappa shape index (κ3) is 4.72. The summed E-state index contributed by atoms with van der Waals surface area (Å²) in [4.78, 5) is 15.3. The standard InChI is InChI=1S/C26H21Cl2N3O4S/c1-14(2)25-17(24(30-35-25)23-18(27)4-3-5-19(23)28)12-34-16-6-7-21-15(10-16)8-9-31(21)11-22-29-20(13-36-22)26(32)33/h3-10,13-14H,11-12H2,1-2H3,(H,32,33). The zero-order chi connectivity index (χ0) is 25.4. The SMILES string of the molecule is CC(C)c1onc(-c2c(Cl)cccc2Cl)c1COc1ccc2c(ccn2Cc2nc(C(=O)O)cs2)c1. The Kier molecular flexibility index (Phi) is 6.75. The van der Waals surface area contributed by atoms with E-state index in [-0.39, 0.29) is 18.2 Å². The zero-order valence-electron chi connectivity index (χ0n) is 19.4. The molecule has 0 fully saturated rings. The fraction of sp³-hybridized carbons (Fsp3) is 0.192. The van der Waals surface area contributed by atoms with Gasteiger partial charge in [-0.05, 0) is 36.4 Å². The summed E-state index contributed by atoms with van der Waals surface area (Å²) >= 11 is 14.2. The number of fused-ring (bicyclic) bond motifs is 1. The van der Waals surface area contributed by atoms with Crippen molar-refractivity contribution >= 4 is 51.4 Å². The van der Waals surface area contributed by atoms with Crippen LogP contribution in [-0.2, 0) is 13.2 Å². The lowest BCUT2D eigenvalue weighted by molar-refractivity contribution is 0.0691. The first-order valence-electron chi connectivity index (χ1n) is 11.1. The molecule has 7 nitrogen and oxygen atoms in total. The number of aromatic nitrogens is 3. The molecule has 0 radical (unpaired) electrons. The van der Waals surface area contributed by atoms with Gasteiger partial charge in [-0.1, -0.05) is 48.3 Å². The van der Waals surface area contributed by atoms with E-state index in [0.717, 1.165) is 27.2 Å². The van der Waals surface area contributed by atoms with E-state index < -0.39 is 5.97 Å². The summed E-state index contributed by atoms with van der Waals surface area (Å²) in [6, 6.07) is 13.1. The molecule has 0 atom stereocenters. The Bertz CT molecular complexity index is 1550. The van der Waals surface area contributed by atoms with Crippen molar-refractivity contribution < 1.29 is 19.2 Å². The highest BCUT2D eigenvalue weighted by molar-refractivity contribution is 7.09. The van der Waals surface area contributed by atoms with E-state index in [1.165, 1.54) is 11.3 Å². The summed E-state index contributed by atoms with van der Waals surface area (Å²) in [6.07, 6.45) is 1.95. The second kappa shape index (κ2) is 9.97. The largest absolute Gasteiger partial charge is 0.489 e. The molecule has 2 aromatic carbocycles. The maximum atomic E-state index is 11.1. The highest BCUT2D eigenvalue weighted by atomic mass is 35.5. The van der Waals surface area contributed by atoms with Crippen LogP contribution in [0.15, 0.2) is 58.6 Å². The fourth-order valence-electron chi connectivity index (χ4n) is 4.02. The number of aromatic carboxylic acids is 1. The Morgan fingerprint density at radius 2 is 1.97 bits per heavy atom. The molecule has 0 aliphatic rings. The Hall–Kier alpha value is -3.33. The summed E-state index contributed by atoms with van der Waals surface area (Å²) in [6.45, 7) is 4.77. The van der Waals surface area contributed by atoms with Crippen LogP contribution in [-0.4, -0.2) is 25.8 Å². The predicted molar refractivity (Wildman–Crippen MR) is 140 cm³/mol. The van der Waals surface area contributed by atoms with E-state index in [4.69, 9.17) is 37.6 Å². The average Bonchev–Trinajstić information content (AvgIpc) is 3.57. The van der Waals surface area contributed by atoms with E-state index in [0.29, 0.717) is 33.6 Å². The van der Waals surface area contributed by atoms with Crippen LogP contribution in [0.4, 0.5) is 0 Å². The fourth-order valence-corrected chi connectivity index (χ4v) is 5.37. The molecule has 0 bridgehead atoms. The minimum atomic E-state index is -1.02. The molecule has 10 heteroatoms. The Balaban J connectivity index is 1.39. The lowest BCUT2D eigenvalue weighted by Gasteiger charge is -2.11. The molecule has 36 heavy (non-hydrogen) atoms. The molecule has 0 saturated carbocycles. The summed E-state index contributed by atoms with van der Waals surface area (Å²) in [5.74, 6) is 0.479. The summed E-state index contributed by atoms with van der Waals surface area (Å²) in [7, 11) is 0. The van der Waals surface area contributed by atoms with Crippen molar-refractivity contribution in [1.82, 2.24) is 14.7 Å². The van der Waals surface area contributed by atoms with Gasteiger partial charge in [-0.25, -0.2) is 9.78 Å². The van der Waals surface area contributed by atoms with E-state index in [9.17, 15) is 4.79 Å². The predicted octanol–water partition coefficient (Wildman–Crippen LogP) is 7.51. The van der Waals surface area contributed by atoms with Crippen molar-refractivity contribution in [2.45, 2.75) is 32.9 Å². The van der Waals surface area contributed by atoms with E-state index >= 15 is 0 Å². The topological polar surface area (TPSA) is 90.4 Å². The maximum absolute atomic E-state index is 11.1. The van der Waals surface area contributed by atoms with Gasteiger partial charge in [-0.15, -0.1) is 11.3 Å². The van der Waals surface area contributed by atoms with Gasteiger partial charge in [0.1, 0.15) is 28.8 Å². The number of carboxylic acids is 1. The highest BCUT2D eigenvalue weighted by Crippen LogP contribution is 2.39. The van der Waals surface area contributed by atoms with Gasteiger partial charge in [-0.3, -0.25) is 0 Å². The second-order valence-electron chi connectivity index (χ2n) is 8.51. The first-order valence-corrected chi connectivity index (χ1v) is 12.8. The van der Waals surface area contributed by atoms with Gasteiger partial charge >= 0.3 is 5.97 Å². The number of ether oxygens (including phenoxy) is 1. The summed E-state index contributed by atoms with van der Waals surface area (Å²) in [5, 5.41) is 17.6. The van der Waals surface area contributed by atoms with Crippen LogP contribution in [0.5, 0.6) is 5.75 Å². The summed E-state index contributed by atoms with van der Waals surface area (Å²) < 4.78 is 13.9. The Morgan fingerprint density at radius 3 is 2.67 bits per heavy atom. The van der Waals surface area contributed by atoms with Gasteiger partial charge in [0.2, 0.25) is 0 Å². The number of hydrogen-bond donors (Lipinski definition) is 1. The van der Waals surface area contributed by atoms with Gasteiger partial charge < -0.3 is 18.9 Å². The van der Waals surface area contributed by atoms with Gasteiger partial charge in [-0.2, -0.15) is 0 Å². The van der Waals surface area contributed by atoms with Crippen molar-refractivity contribution in [3.8, 4) is 17.0 Å². The number of carbonyl (C=O) groups is 1. The molecule has 0 spiro atoms. The van der Waals surface area contributed by atoms with Crippen molar-refractivity contribution in [3.05, 3.63) is 86.1 Å². The minimum Gasteiger partial charge on any atom is -0.489 e. The van der Waals surface area contributed by atoms with Gasteiger partial charge in [0.05, 0.1) is 22.2 Å². The molecule has 3 aromatic heterocycles. The molecule has 1 N–H and O–H groups in total. The molecule has 3 heterocycles. The monoisotopic (exact) mass is 541 g/mol. The number of thiazole rings is 1. The number of benzene rings is 2. The maximum Gasteiger partial charge on any atom is 0.355 e. The Morgan fingerprint density at radius 1 is 1.19 bits per heavy atom.